The maximum absolute atomic E-state index is 12.3. The van der Waals surface area contributed by atoms with E-state index in [9.17, 15) is 13.4 Å². The Morgan fingerprint density at radius 1 is 1.19 bits per heavy atom. The molecule has 0 radical (unpaired) electrons. The normalized spacial score (nSPS) is 14.1. The van der Waals surface area contributed by atoms with Crippen molar-refractivity contribution in [3.63, 3.8) is 0 Å². The highest BCUT2D eigenvalue weighted by Crippen LogP contribution is 2.19. The summed E-state index contributed by atoms with van der Waals surface area (Å²) in [4.78, 5) is 0.195. The fourth-order valence-corrected chi connectivity index (χ4v) is 3.52. The van der Waals surface area contributed by atoms with E-state index in [1.807, 2.05) is 0 Å². The number of nitrogens with one attached hydrogen (secondary N) is 1. The molecule has 5 nitrogen and oxygen atoms in total. The van der Waals surface area contributed by atoms with E-state index in [1.54, 1.807) is 42.5 Å². The monoisotopic (exact) mass is 415 g/mol. The van der Waals surface area contributed by atoms with Gasteiger partial charge < -0.3 is 9.68 Å². The summed E-state index contributed by atoms with van der Waals surface area (Å²) in [5, 5.41) is 9.65. The molecule has 2 aromatic carbocycles. The predicted octanol–water partition coefficient (Wildman–Crippen LogP) is 1.31. The van der Waals surface area contributed by atoms with Gasteiger partial charge in [-0.2, -0.15) is 0 Å². The van der Waals surface area contributed by atoms with E-state index in [2.05, 4.69) is 27.3 Å². The Hall–Kier alpha value is -1.10. The highest BCUT2D eigenvalue weighted by Gasteiger charge is 2.27. The molecule has 1 heterocycles. The van der Waals surface area contributed by atoms with Gasteiger partial charge in [0.15, 0.2) is 0 Å². The third kappa shape index (κ3) is 3.08. The van der Waals surface area contributed by atoms with Crippen LogP contribution in [0.25, 0.3) is 0 Å². The molecule has 21 heavy (non-hydrogen) atoms. The fraction of sp³-hybridized carbons (Fsp3) is 0.0769. The van der Waals surface area contributed by atoms with Crippen LogP contribution < -0.4 is 10.2 Å². The Morgan fingerprint density at radius 3 is 2.62 bits per heavy atom. The Balaban J connectivity index is 1.89. The lowest BCUT2D eigenvalue weighted by Crippen LogP contribution is -2.28. The number of hydrogen-bond acceptors (Lipinski definition) is 4. The second-order valence-electron chi connectivity index (χ2n) is 4.64. The molecule has 0 atom stereocenters. The molecule has 1 aliphatic rings. The van der Waals surface area contributed by atoms with Crippen molar-refractivity contribution in [2.75, 3.05) is 4.72 Å². The maximum Gasteiger partial charge on any atom is 0.491 e. The third-order valence-corrected chi connectivity index (χ3v) is 5.30. The van der Waals surface area contributed by atoms with E-state index in [4.69, 9.17) is 4.65 Å². The average Bonchev–Trinajstić information content (AvgIpc) is 2.80. The molecule has 3 rings (SSSR count). The molecule has 2 aromatic rings. The Morgan fingerprint density at radius 2 is 1.90 bits per heavy atom. The zero-order chi connectivity index (χ0) is 15.0. The standard InChI is InChI=1S/C13H11BINO4S/c15-10-2-5-12(6-3-10)21(18,19)16-11-4-1-9-8-20-14(17)13(9)7-11/h1-7,16-17H,8H2. The molecular formula is C13H11BINO4S. The number of sulfonamides is 1. The molecule has 0 unspecified atom stereocenters. The lowest BCUT2D eigenvalue weighted by atomic mass is 9.79. The van der Waals surface area contributed by atoms with Crippen LogP contribution in [-0.4, -0.2) is 20.6 Å². The first kappa shape index (κ1) is 14.8. The van der Waals surface area contributed by atoms with Crippen LogP contribution in [0.4, 0.5) is 5.69 Å². The van der Waals surface area contributed by atoms with Crippen LogP contribution in [-0.2, 0) is 21.3 Å². The molecule has 0 aromatic heterocycles. The molecule has 0 saturated carbocycles. The van der Waals surface area contributed by atoms with Crippen LogP contribution in [0.3, 0.4) is 0 Å². The van der Waals surface area contributed by atoms with Crippen molar-refractivity contribution in [2.45, 2.75) is 11.5 Å². The summed E-state index contributed by atoms with van der Waals surface area (Å²) < 4.78 is 33.1. The van der Waals surface area contributed by atoms with Crippen molar-refractivity contribution in [3.8, 4) is 0 Å². The first-order valence-electron chi connectivity index (χ1n) is 6.16. The minimum absolute atomic E-state index is 0.195. The van der Waals surface area contributed by atoms with Gasteiger partial charge in [-0.15, -0.1) is 0 Å². The molecule has 0 fully saturated rings. The summed E-state index contributed by atoms with van der Waals surface area (Å²) in [7, 11) is -4.64. The van der Waals surface area contributed by atoms with Gasteiger partial charge in [-0.25, -0.2) is 8.42 Å². The van der Waals surface area contributed by atoms with E-state index in [0.29, 0.717) is 17.8 Å². The Bertz CT molecular complexity index is 779. The topological polar surface area (TPSA) is 75.6 Å². The summed E-state index contributed by atoms with van der Waals surface area (Å²) in [5.74, 6) is 0. The third-order valence-electron chi connectivity index (χ3n) is 3.18. The molecular weight excluding hydrogens is 404 g/mol. The molecule has 0 amide bonds. The fourth-order valence-electron chi connectivity index (χ4n) is 2.11. The zero-order valence-corrected chi connectivity index (χ0v) is 13.8. The molecule has 108 valence electrons. The van der Waals surface area contributed by atoms with Crippen LogP contribution >= 0.6 is 22.6 Å². The zero-order valence-electron chi connectivity index (χ0n) is 10.8. The van der Waals surface area contributed by atoms with E-state index >= 15 is 0 Å². The van der Waals surface area contributed by atoms with Crippen LogP contribution in [0, 0.1) is 3.57 Å². The Labute approximate surface area is 136 Å². The van der Waals surface area contributed by atoms with Crippen molar-refractivity contribution in [1.29, 1.82) is 0 Å². The van der Waals surface area contributed by atoms with Gasteiger partial charge in [-0.05, 0) is 70.0 Å². The predicted molar refractivity (Wildman–Crippen MR) is 88.8 cm³/mol. The summed E-state index contributed by atoms with van der Waals surface area (Å²) in [6.45, 7) is 0.334. The molecule has 0 saturated heterocycles. The maximum atomic E-state index is 12.3. The first-order valence-corrected chi connectivity index (χ1v) is 8.73. The van der Waals surface area contributed by atoms with Crippen molar-refractivity contribution in [1.82, 2.24) is 0 Å². The van der Waals surface area contributed by atoms with Gasteiger partial charge in [-0.1, -0.05) is 6.07 Å². The number of benzene rings is 2. The summed E-state index contributed by atoms with van der Waals surface area (Å²) in [6, 6.07) is 11.6. The minimum atomic E-state index is -3.64. The lowest BCUT2D eigenvalue weighted by Gasteiger charge is -2.09. The van der Waals surface area contributed by atoms with Crippen LogP contribution in [0.15, 0.2) is 47.4 Å². The molecule has 1 aliphatic heterocycles. The summed E-state index contributed by atoms with van der Waals surface area (Å²) in [6.07, 6.45) is 0. The number of hydrogen-bond donors (Lipinski definition) is 2. The van der Waals surface area contributed by atoms with Gasteiger partial charge in [-0.3, -0.25) is 4.72 Å². The molecule has 2 N–H and O–H groups in total. The van der Waals surface area contributed by atoms with Crippen LogP contribution in [0.5, 0.6) is 0 Å². The van der Waals surface area contributed by atoms with Crippen LogP contribution in [0.1, 0.15) is 5.56 Å². The van der Waals surface area contributed by atoms with Crippen molar-refractivity contribution in [2.24, 2.45) is 0 Å². The minimum Gasteiger partial charge on any atom is -0.423 e. The summed E-state index contributed by atoms with van der Waals surface area (Å²) in [5.41, 5.74) is 1.86. The quantitative estimate of drug-likeness (QED) is 0.586. The first-order chi connectivity index (χ1) is 9.95. The van der Waals surface area contributed by atoms with E-state index in [-0.39, 0.29) is 4.90 Å². The molecule has 0 bridgehead atoms. The average molecular weight is 415 g/mol. The summed E-state index contributed by atoms with van der Waals surface area (Å²) >= 11 is 2.11. The number of halogens is 1. The van der Waals surface area contributed by atoms with Gasteiger partial charge in [0.2, 0.25) is 0 Å². The van der Waals surface area contributed by atoms with Gasteiger partial charge in [0.25, 0.3) is 10.0 Å². The lowest BCUT2D eigenvalue weighted by molar-refractivity contribution is 0.275. The van der Waals surface area contributed by atoms with E-state index in [0.717, 1.165) is 9.13 Å². The van der Waals surface area contributed by atoms with Crippen LogP contribution in [0.2, 0.25) is 0 Å². The second kappa shape index (κ2) is 5.60. The largest absolute Gasteiger partial charge is 0.491 e. The van der Waals surface area contributed by atoms with Gasteiger partial charge in [0, 0.05) is 9.26 Å². The van der Waals surface area contributed by atoms with Gasteiger partial charge in [0.1, 0.15) is 0 Å². The Kier molecular flexibility index (Phi) is 3.95. The number of rotatable bonds is 3. The van der Waals surface area contributed by atoms with Gasteiger partial charge >= 0.3 is 7.12 Å². The molecule has 0 aliphatic carbocycles. The molecule has 8 heteroatoms. The highest BCUT2D eigenvalue weighted by molar-refractivity contribution is 14.1. The number of fused-ring (bicyclic) bond motifs is 1. The SMILES string of the molecule is O=S(=O)(Nc1ccc2c(c1)B(O)OC2)c1ccc(I)cc1. The number of anilines is 1. The van der Waals surface area contributed by atoms with Crippen molar-refractivity contribution in [3.05, 3.63) is 51.6 Å². The smallest absolute Gasteiger partial charge is 0.423 e. The second-order valence-corrected chi connectivity index (χ2v) is 7.56. The van der Waals surface area contributed by atoms with E-state index < -0.39 is 17.1 Å². The van der Waals surface area contributed by atoms with Crippen molar-refractivity contribution >= 4 is 50.9 Å². The molecule has 0 spiro atoms. The van der Waals surface area contributed by atoms with Crippen molar-refractivity contribution < 1.29 is 18.1 Å². The van der Waals surface area contributed by atoms with Gasteiger partial charge in [0.05, 0.1) is 11.5 Å². The van der Waals surface area contributed by atoms with E-state index in [1.165, 1.54) is 0 Å². The highest BCUT2D eigenvalue weighted by atomic mass is 127.